The molecule has 0 radical (unpaired) electrons. The van der Waals surface area contributed by atoms with Gasteiger partial charge in [0.1, 0.15) is 0 Å². The smallest absolute Gasteiger partial charge is 0.274 e. The first-order valence-electron chi connectivity index (χ1n) is 8.86. The lowest BCUT2D eigenvalue weighted by Gasteiger charge is -2.05. The molecule has 0 atom stereocenters. The lowest BCUT2D eigenvalue weighted by molar-refractivity contribution is 0.0957. The number of furan rings is 1. The second-order valence-corrected chi connectivity index (χ2v) is 6.07. The van der Waals surface area contributed by atoms with Crippen LogP contribution < -0.4 is 5.32 Å². The van der Waals surface area contributed by atoms with E-state index in [2.05, 4.69) is 15.4 Å². The second kappa shape index (κ2) is 8.18. The summed E-state index contributed by atoms with van der Waals surface area (Å²) in [4.78, 5) is 17.2. The highest BCUT2D eigenvalue weighted by molar-refractivity contribution is 5.94. The van der Waals surface area contributed by atoms with Crippen molar-refractivity contribution in [1.29, 1.82) is 0 Å². The summed E-state index contributed by atoms with van der Waals surface area (Å²) in [5.41, 5.74) is 2.00. The van der Waals surface area contributed by atoms with Gasteiger partial charge >= 0.3 is 0 Å². The number of benzene rings is 2. The van der Waals surface area contributed by atoms with Gasteiger partial charge in [-0.1, -0.05) is 60.7 Å². The number of rotatable bonds is 6. The second-order valence-electron chi connectivity index (χ2n) is 6.07. The topological polar surface area (TPSA) is 73.0 Å². The van der Waals surface area contributed by atoms with E-state index in [4.69, 9.17) is 4.42 Å². The molecular weight excluding hydrogens is 352 g/mol. The number of nitrogens with one attached hydrogen (secondary N) is 1. The Balaban J connectivity index is 1.60. The van der Waals surface area contributed by atoms with Crippen LogP contribution in [0.25, 0.3) is 17.7 Å². The summed E-state index contributed by atoms with van der Waals surface area (Å²) in [5, 5.41) is 7.51. The Morgan fingerprint density at radius 2 is 1.75 bits per heavy atom. The molecule has 0 aliphatic rings. The Hall–Kier alpha value is -3.93. The summed E-state index contributed by atoms with van der Waals surface area (Å²) in [6.07, 6.45) is 4.77. The molecule has 6 heteroatoms. The minimum atomic E-state index is -0.301. The minimum absolute atomic E-state index is 0.301. The van der Waals surface area contributed by atoms with Gasteiger partial charge in [-0.3, -0.25) is 4.79 Å². The van der Waals surface area contributed by atoms with Crippen molar-refractivity contribution < 1.29 is 9.21 Å². The van der Waals surface area contributed by atoms with Crippen LogP contribution in [0.3, 0.4) is 0 Å². The highest BCUT2D eigenvalue weighted by atomic mass is 16.3. The van der Waals surface area contributed by atoms with Crippen LogP contribution in [0.2, 0.25) is 0 Å². The van der Waals surface area contributed by atoms with E-state index in [0.29, 0.717) is 24.1 Å². The molecule has 2 aromatic heterocycles. The van der Waals surface area contributed by atoms with Crippen molar-refractivity contribution in [3.63, 3.8) is 0 Å². The molecule has 0 unspecified atom stereocenters. The molecule has 28 heavy (non-hydrogen) atoms. The third kappa shape index (κ3) is 4.07. The number of anilines is 1. The zero-order valence-electron chi connectivity index (χ0n) is 15.0. The van der Waals surface area contributed by atoms with Crippen LogP contribution >= 0.6 is 0 Å². The SMILES string of the molecule is O=C(C=Cc1ccccc1)n1nc(-c2ccco2)nc1NCc1ccccc1. The number of carbonyl (C=O) groups is 1. The zero-order chi connectivity index (χ0) is 19.2. The van der Waals surface area contributed by atoms with Gasteiger partial charge in [0.15, 0.2) is 5.76 Å². The molecule has 0 amide bonds. The molecule has 138 valence electrons. The van der Waals surface area contributed by atoms with Crippen molar-refractivity contribution >= 4 is 17.9 Å². The van der Waals surface area contributed by atoms with Gasteiger partial charge in [0.25, 0.3) is 5.91 Å². The average molecular weight is 370 g/mol. The monoisotopic (exact) mass is 370 g/mol. The maximum atomic E-state index is 12.7. The predicted molar refractivity (Wildman–Crippen MR) is 108 cm³/mol. The molecule has 4 aromatic rings. The summed E-state index contributed by atoms with van der Waals surface area (Å²) in [6, 6.07) is 23.0. The van der Waals surface area contributed by atoms with E-state index in [1.807, 2.05) is 60.7 Å². The summed E-state index contributed by atoms with van der Waals surface area (Å²) in [6.45, 7) is 0.521. The molecule has 0 fully saturated rings. The van der Waals surface area contributed by atoms with Crippen LogP contribution in [0.5, 0.6) is 0 Å². The lowest BCUT2D eigenvalue weighted by Crippen LogP contribution is -2.14. The first kappa shape index (κ1) is 17.5. The standard InChI is InChI=1S/C22H18N4O2/c27-20(14-13-17-8-3-1-4-9-17)26-22(23-16-18-10-5-2-6-11-18)24-21(25-26)19-12-7-15-28-19/h1-15H,16H2,(H,23,24,25). The number of carbonyl (C=O) groups excluding carboxylic acids is 1. The van der Waals surface area contributed by atoms with Gasteiger partial charge in [-0.2, -0.15) is 9.67 Å². The summed E-state index contributed by atoms with van der Waals surface area (Å²) in [5.74, 6) is 0.908. The Kier molecular flexibility index (Phi) is 5.11. The van der Waals surface area contributed by atoms with E-state index in [9.17, 15) is 4.79 Å². The molecule has 2 aromatic carbocycles. The van der Waals surface area contributed by atoms with Crippen LogP contribution in [-0.2, 0) is 6.54 Å². The number of allylic oxidation sites excluding steroid dienone is 1. The van der Waals surface area contributed by atoms with Crippen molar-refractivity contribution in [2.45, 2.75) is 6.54 Å². The van der Waals surface area contributed by atoms with E-state index < -0.39 is 0 Å². The molecule has 0 aliphatic heterocycles. The summed E-state index contributed by atoms with van der Waals surface area (Å²) < 4.78 is 6.61. The highest BCUT2D eigenvalue weighted by Crippen LogP contribution is 2.19. The van der Waals surface area contributed by atoms with Crippen molar-refractivity contribution in [2.75, 3.05) is 5.32 Å². The molecule has 0 saturated heterocycles. The third-order valence-corrected chi connectivity index (χ3v) is 4.07. The fraction of sp³-hybridized carbons (Fsp3) is 0.0455. The maximum Gasteiger partial charge on any atom is 0.274 e. The third-order valence-electron chi connectivity index (χ3n) is 4.07. The molecule has 0 aliphatic carbocycles. The normalized spacial score (nSPS) is 11.0. The zero-order valence-corrected chi connectivity index (χ0v) is 15.0. The summed E-state index contributed by atoms with van der Waals surface area (Å²) in [7, 11) is 0. The van der Waals surface area contributed by atoms with Crippen molar-refractivity contribution in [1.82, 2.24) is 14.8 Å². The van der Waals surface area contributed by atoms with Crippen LogP contribution in [0.1, 0.15) is 15.9 Å². The molecule has 0 bridgehead atoms. The van der Waals surface area contributed by atoms with Crippen LogP contribution in [0, 0.1) is 0 Å². The number of hydrogen-bond acceptors (Lipinski definition) is 5. The van der Waals surface area contributed by atoms with Crippen molar-refractivity contribution in [3.8, 4) is 11.6 Å². The van der Waals surface area contributed by atoms with Gasteiger partial charge < -0.3 is 9.73 Å². The van der Waals surface area contributed by atoms with Gasteiger partial charge in [0, 0.05) is 12.6 Å². The van der Waals surface area contributed by atoms with Gasteiger partial charge in [-0.05, 0) is 29.3 Å². The van der Waals surface area contributed by atoms with Gasteiger partial charge in [0.05, 0.1) is 6.26 Å². The van der Waals surface area contributed by atoms with Crippen molar-refractivity contribution in [3.05, 3.63) is 96.3 Å². The minimum Gasteiger partial charge on any atom is -0.461 e. The van der Waals surface area contributed by atoms with E-state index in [1.54, 1.807) is 24.5 Å². The fourth-order valence-corrected chi connectivity index (χ4v) is 2.67. The molecule has 6 nitrogen and oxygen atoms in total. The average Bonchev–Trinajstić information content (AvgIpc) is 3.42. The predicted octanol–water partition coefficient (Wildman–Crippen LogP) is 4.50. The number of hydrogen-bond donors (Lipinski definition) is 1. The first-order chi connectivity index (χ1) is 13.8. The Morgan fingerprint density at radius 3 is 2.46 bits per heavy atom. The number of nitrogens with zero attached hydrogens (tertiary/aromatic N) is 3. The van der Waals surface area contributed by atoms with Crippen LogP contribution in [0.4, 0.5) is 5.95 Å². The first-order valence-corrected chi connectivity index (χ1v) is 8.86. The largest absolute Gasteiger partial charge is 0.461 e. The van der Waals surface area contributed by atoms with Crippen molar-refractivity contribution in [2.24, 2.45) is 0 Å². The molecule has 4 rings (SSSR count). The quantitative estimate of drug-likeness (QED) is 0.506. The van der Waals surface area contributed by atoms with E-state index >= 15 is 0 Å². The lowest BCUT2D eigenvalue weighted by atomic mass is 10.2. The van der Waals surface area contributed by atoms with Gasteiger partial charge in [-0.15, -0.1) is 5.10 Å². The van der Waals surface area contributed by atoms with Gasteiger partial charge in [-0.25, -0.2) is 0 Å². The van der Waals surface area contributed by atoms with E-state index in [0.717, 1.165) is 11.1 Å². The Morgan fingerprint density at radius 1 is 1.00 bits per heavy atom. The molecular formula is C22H18N4O2. The van der Waals surface area contributed by atoms with Gasteiger partial charge in [0.2, 0.25) is 11.8 Å². The van der Waals surface area contributed by atoms with E-state index in [1.165, 1.54) is 10.8 Å². The van der Waals surface area contributed by atoms with Crippen LogP contribution in [0.15, 0.2) is 89.6 Å². The molecule has 1 N–H and O–H groups in total. The Bertz CT molecular complexity index is 1070. The molecule has 0 saturated carbocycles. The Labute approximate surface area is 162 Å². The highest BCUT2D eigenvalue weighted by Gasteiger charge is 2.17. The fourth-order valence-electron chi connectivity index (χ4n) is 2.67. The maximum absolute atomic E-state index is 12.7. The number of aromatic nitrogens is 3. The molecule has 0 spiro atoms. The summed E-state index contributed by atoms with van der Waals surface area (Å²) >= 11 is 0. The van der Waals surface area contributed by atoms with Crippen LogP contribution in [-0.4, -0.2) is 20.7 Å². The molecule has 2 heterocycles. The van der Waals surface area contributed by atoms with E-state index in [-0.39, 0.29) is 5.91 Å².